The number of hydrogen-bond acceptors (Lipinski definition) is 2. The number of aliphatic hydroxyl groups excluding tert-OH is 1. The molecule has 3 rings (SSSR count). The molecule has 2 heterocycles. The van der Waals surface area contributed by atoms with E-state index in [1.807, 2.05) is 43.0 Å². The molecule has 24 heavy (non-hydrogen) atoms. The highest BCUT2D eigenvalue weighted by Crippen LogP contribution is 2.27. The fraction of sp³-hybridized carbons (Fsp3) is 0.450. The Morgan fingerprint density at radius 3 is 2.58 bits per heavy atom. The molecule has 1 aliphatic heterocycles. The molecular weight excluding hydrogens is 300 g/mol. The van der Waals surface area contributed by atoms with Crippen molar-refractivity contribution in [3.8, 4) is 5.69 Å². The number of aromatic nitrogens is 1. The maximum atomic E-state index is 13.1. The number of rotatable bonds is 3. The first kappa shape index (κ1) is 16.8. The quantitative estimate of drug-likeness (QED) is 0.940. The predicted octanol–water partition coefficient (Wildman–Crippen LogP) is 3.33. The summed E-state index contributed by atoms with van der Waals surface area (Å²) in [4.78, 5) is 15.1. The minimum absolute atomic E-state index is 0.0796. The largest absolute Gasteiger partial charge is 0.396 e. The van der Waals surface area contributed by atoms with Gasteiger partial charge in [-0.05, 0) is 57.7 Å². The molecule has 1 amide bonds. The number of amides is 1. The van der Waals surface area contributed by atoms with E-state index < -0.39 is 0 Å². The number of para-hydroxylation sites is 1. The van der Waals surface area contributed by atoms with Crippen LogP contribution in [-0.2, 0) is 0 Å². The van der Waals surface area contributed by atoms with Crippen molar-refractivity contribution < 1.29 is 9.90 Å². The van der Waals surface area contributed by atoms with Crippen LogP contribution in [0.25, 0.3) is 5.69 Å². The van der Waals surface area contributed by atoms with Crippen LogP contribution in [0.4, 0.5) is 0 Å². The minimum Gasteiger partial charge on any atom is -0.396 e. The van der Waals surface area contributed by atoms with Crippen molar-refractivity contribution >= 4 is 5.91 Å². The lowest BCUT2D eigenvalue weighted by Gasteiger charge is -2.37. The van der Waals surface area contributed by atoms with E-state index in [1.54, 1.807) is 0 Å². The number of nitrogens with zero attached hydrogens (tertiary/aromatic N) is 2. The Hall–Kier alpha value is -2.07. The second-order valence-electron chi connectivity index (χ2n) is 6.89. The van der Waals surface area contributed by atoms with Gasteiger partial charge in [0.05, 0.1) is 5.56 Å². The summed E-state index contributed by atoms with van der Waals surface area (Å²) in [6, 6.07) is 12.3. The van der Waals surface area contributed by atoms with Gasteiger partial charge in [-0.2, -0.15) is 0 Å². The van der Waals surface area contributed by atoms with Crippen LogP contribution in [0.5, 0.6) is 0 Å². The van der Waals surface area contributed by atoms with Crippen molar-refractivity contribution in [2.75, 3.05) is 13.2 Å². The molecule has 1 N–H and O–H groups in total. The van der Waals surface area contributed by atoms with Crippen molar-refractivity contribution in [3.05, 3.63) is 53.3 Å². The smallest absolute Gasteiger partial charge is 0.255 e. The van der Waals surface area contributed by atoms with Crippen molar-refractivity contribution in [2.45, 2.75) is 39.7 Å². The van der Waals surface area contributed by atoms with Crippen molar-refractivity contribution in [1.29, 1.82) is 0 Å². The molecule has 1 aromatic heterocycles. The zero-order chi connectivity index (χ0) is 17.3. The molecule has 0 radical (unpaired) electrons. The molecule has 0 spiro atoms. The van der Waals surface area contributed by atoms with E-state index in [9.17, 15) is 9.90 Å². The normalized spacial score (nSPS) is 21.1. The summed E-state index contributed by atoms with van der Waals surface area (Å²) < 4.78 is 2.13. The topological polar surface area (TPSA) is 45.5 Å². The molecule has 0 aliphatic carbocycles. The molecule has 1 saturated heterocycles. The number of piperidine rings is 1. The second kappa shape index (κ2) is 6.81. The van der Waals surface area contributed by atoms with Crippen LogP contribution in [0, 0.1) is 19.8 Å². The third kappa shape index (κ3) is 2.98. The fourth-order valence-electron chi connectivity index (χ4n) is 3.72. The summed E-state index contributed by atoms with van der Waals surface area (Å²) in [6.45, 7) is 6.94. The first-order valence-corrected chi connectivity index (χ1v) is 8.69. The Labute approximate surface area is 143 Å². The monoisotopic (exact) mass is 326 g/mol. The highest BCUT2D eigenvalue weighted by atomic mass is 16.3. The van der Waals surface area contributed by atoms with Gasteiger partial charge in [0.25, 0.3) is 5.91 Å². The lowest BCUT2D eigenvalue weighted by atomic mass is 9.93. The number of hydrogen-bond donors (Lipinski definition) is 1. The molecule has 1 fully saturated rings. The number of likely N-dealkylation sites (tertiary alicyclic amines) is 1. The third-order valence-corrected chi connectivity index (χ3v) is 5.17. The van der Waals surface area contributed by atoms with Gasteiger partial charge >= 0.3 is 0 Å². The van der Waals surface area contributed by atoms with Crippen LogP contribution in [0.2, 0.25) is 0 Å². The summed E-state index contributed by atoms with van der Waals surface area (Å²) >= 11 is 0. The Kier molecular flexibility index (Phi) is 4.76. The van der Waals surface area contributed by atoms with E-state index in [0.717, 1.165) is 35.5 Å². The zero-order valence-electron chi connectivity index (χ0n) is 14.7. The van der Waals surface area contributed by atoms with E-state index in [1.165, 1.54) is 0 Å². The summed E-state index contributed by atoms with van der Waals surface area (Å²) in [5.74, 6) is 0.277. The number of aliphatic hydroxyl groups is 1. The fourth-order valence-corrected chi connectivity index (χ4v) is 3.72. The van der Waals surface area contributed by atoms with Crippen LogP contribution in [-0.4, -0.2) is 39.7 Å². The van der Waals surface area contributed by atoms with E-state index in [-0.39, 0.29) is 24.5 Å². The van der Waals surface area contributed by atoms with Gasteiger partial charge in [0.1, 0.15) is 0 Å². The molecule has 4 heteroatoms. The molecule has 2 unspecified atom stereocenters. The van der Waals surface area contributed by atoms with Crippen LogP contribution in [0.3, 0.4) is 0 Å². The average molecular weight is 326 g/mol. The van der Waals surface area contributed by atoms with Crippen LogP contribution < -0.4 is 0 Å². The van der Waals surface area contributed by atoms with Gasteiger partial charge in [-0.15, -0.1) is 0 Å². The molecule has 1 aromatic carbocycles. The van der Waals surface area contributed by atoms with E-state index in [4.69, 9.17) is 0 Å². The summed E-state index contributed by atoms with van der Waals surface area (Å²) in [5.41, 5.74) is 3.88. The SMILES string of the molecule is Cc1cc(C(=O)N2CC(CO)CCC2C)c(C)n1-c1ccccc1. The Morgan fingerprint density at radius 2 is 1.92 bits per heavy atom. The zero-order valence-corrected chi connectivity index (χ0v) is 14.7. The highest BCUT2D eigenvalue weighted by molar-refractivity contribution is 5.96. The van der Waals surface area contributed by atoms with E-state index in [2.05, 4.69) is 23.6 Å². The van der Waals surface area contributed by atoms with Gasteiger partial charge in [0, 0.05) is 36.3 Å². The molecule has 0 bridgehead atoms. The Balaban J connectivity index is 1.94. The van der Waals surface area contributed by atoms with E-state index in [0.29, 0.717) is 6.54 Å². The lowest BCUT2D eigenvalue weighted by molar-refractivity contribution is 0.0488. The number of aryl methyl sites for hydroxylation is 1. The molecule has 0 saturated carbocycles. The van der Waals surface area contributed by atoms with E-state index >= 15 is 0 Å². The maximum Gasteiger partial charge on any atom is 0.255 e. The molecule has 2 aromatic rings. The van der Waals surface area contributed by atoms with Crippen molar-refractivity contribution in [3.63, 3.8) is 0 Å². The first-order valence-electron chi connectivity index (χ1n) is 8.69. The number of carbonyl (C=O) groups is 1. The number of carbonyl (C=O) groups excluding carboxylic acids is 1. The predicted molar refractivity (Wildman–Crippen MR) is 95.6 cm³/mol. The molecule has 2 atom stereocenters. The average Bonchev–Trinajstić information content (AvgIpc) is 2.90. The van der Waals surface area contributed by atoms with Gasteiger partial charge in [0.2, 0.25) is 0 Å². The maximum absolute atomic E-state index is 13.1. The van der Waals surface area contributed by atoms with Crippen molar-refractivity contribution in [1.82, 2.24) is 9.47 Å². The van der Waals surface area contributed by atoms with Crippen LogP contribution in [0.1, 0.15) is 41.5 Å². The molecule has 128 valence electrons. The molecule has 4 nitrogen and oxygen atoms in total. The van der Waals surface area contributed by atoms with Gasteiger partial charge in [-0.25, -0.2) is 0 Å². The standard InChI is InChI=1S/C20H26N2O2/c1-14-9-10-17(13-23)12-21(14)20(24)19-11-15(2)22(16(19)3)18-7-5-4-6-8-18/h4-8,11,14,17,23H,9-10,12-13H2,1-3H3. The van der Waals surface area contributed by atoms with Gasteiger partial charge < -0.3 is 14.6 Å². The van der Waals surface area contributed by atoms with Gasteiger partial charge in [-0.1, -0.05) is 18.2 Å². The van der Waals surface area contributed by atoms with Gasteiger partial charge in [0.15, 0.2) is 0 Å². The Morgan fingerprint density at radius 1 is 1.21 bits per heavy atom. The van der Waals surface area contributed by atoms with Gasteiger partial charge in [-0.3, -0.25) is 4.79 Å². The van der Waals surface area contributed by atoms with Crippen LogP contribution in [0.15, 0.2) is 36.4 Å². The third-order valence-electron chi connectivity index (χ3n) is 5.17. The number of benzene rings is 1. The minimum atomic E-state index is 0.0796. The summed E-state index contributed by atoms with van der Waals surface area (Å²) in [7, 11) is 0. The van der Waals surface area contributed by atoms with Crippen molar-refractivity contribution in [2.24, 2.45) is 5.92 Å². The Bertz CT molecular complexity index is 721. The highest BCUT2D eigenvalue weighted by Gasteiger charge is 2.31. The first-order chi connectivity index (χ1) is 11.5. The molecule has 1 aliphatic rings. The second-order valence-corrected chi connectivity index (χ2v) is 6.89. The summed E-state index contributed by atoms with van der Waals surface area (Å²) in [5, 5.41) is 9.46. The van der Waals surface area contributed by atoms with Crippen LogP contribution >= 0.6 is 0 Å². The lowest BCUT2D eigenvalue weighted by Crippen LogP contribution is -2.46. The summed E-state index contributed by atoms with van der Waals surface area (Å²) in [6.07, 6.45) is 1.94. The molecular formula is C20H26N2O2.